The van der Waals surface area contributed by atoms with Gasteiger partial charge in [0.15, 0.2) is 11.3 Å². The summed E-state index contributed by atoms with van der Waals surface area (Å²) in [6.07, 6.45) is -0.217. The molecule has 1 saturated heterocycles. The predicted octanol–water partition coefficient (Wildman–Crippen LogP) is 3.32. The zero-order valence-electron chi connectivity index (χ0n) is 15.8. The van der Waals surface area contributed by atoms with Gasteiger partial charge in [0.05, 0.1) is 20.3 Å². The third kappa shape index (κ3) is 3.39. The van der Waals surface area contributed by atoms with Gasteiger partial charge in [0.2, 0.25) is 0 Å². The maximum absolute atomic E-state index is 13.0. The first-order chi connectivity index (χ1) is 13.6. The molecule has 2 aromatic carbocycles. The third-order valence-corrected chi connectivity index (χ3v) is 4.98. The number of benzene rings is 2. The Morgan fingerprint density at radius 1 is 1.18 bits per heavy atom. The molecule has 6 nitrogen and oxygen atoms in total. The first kappa shape index (κ1) is 18.3. The quantitative estimate of drug-likeness (QED) is 0.653. The van der Waals surface area contributed by atoms with Gasteiger partial charge in [-0.05, 0) is 24.6 Å². The van der Waals surface area contributed by atoms with Crippen LogP contribution in [0, 0.1) is 6.92 Å². The van der Waals surface area contributed by atoms with Crippen LogP contribution in [0.3, 0.4) is 0 Å². The number of carbonyl (C=O) groups is 1. The zero-order valence-corrected chi connectivity index (χ0v) is 15.8. The number of morpholine rings is 1. The molecule has 1 fully saturated rings. The van der Waals surface area contributed by atoms with Crippen molar-refractivity contribution in [3.8, 4) is 5.75 Å². The van der Waals surface area contributed by atoms with E-state index < -0.39 is 5.63 Å². The van der Waals surface area contributed by atoms with E-state index in [9.17, 15) is 9.59 Å². The van der Waals surface area contributed by atoms with Gasteiger partial charge in [-0.3, -0.25) is 4.79 Å². The molecule has 1 atom stereocenters. The molecule has 0 radical (unpaired) electrons. The molecule has 1 aliphatic heterocycles. The van der Waals surface area contributed by atoms with Crippen molar-refractivity contribution in [3.63, 3.8) is 0 Å². The van der Waals surface area contributed by atoms with Crippen LogP contribution in [0.15, 0.2) is 57.7 Å². The van der Waals surface area contributed by atoms with E-state index in [0.717, 1.165) is 11.1 Å². The number of para-hydroxylation sites is 1. The van der Waals surface area contributed by atoms with E-state index in [1.54, 1.807) is 29.2 Å². The Hall–Kier alpha value is -3.12. The molecule has 144 valence electrons. The Bertz CT molecular complexity index is 1070. The van der Waals surface area contributed by atoms with Crippen molar-refractivity contribution in [1.29, 1.82) is 0 Å². The van der Waals surface area contributed by atoms with Crippen LogP contribution in [0.4, 0.5) is 0 Å². The minimum Gasteiger partial charge on any atom is -0.493 e. The summed E-state index contributed by atoms with van der Waals surface area (Å²) in [7, 11) is 1.51. The van der Waals surface area contributed by atoms with Crippen molar-refractivity contribution in [1.82, 2.24) is 4.90 Å². The van der Waals surface area contributed by atoms with Crippen molar-refractivity contribution in [2.45, 2.75) is 13.0 Å². The van der Waals surface area contributed by atoms with Crippen molar-refractivity contribution in [3.05, 3.63) is 75.6 Å². The summed E-state index contributed by atoms with van der Waals surface area (Å²) in [6, 6.07) is 14.9. The van der Waals surface area contributed by atoms with Crippen LogP contribution in [-0.4, -0.2) is 37.6 Å². The molecule has 0 N–H and O–H groups in total. The van der Waals surface area contributed by atoms with Gasteiger partial charge in [-0.25, -0.2) is 4.79 Å². The van der Waals surface area contributed by atoms with Crippen molar-refractivity contribution in [2.24, 2.45) is 0 Å². The molecule has 28 heavy (non-hydrogen) atoms. The van der Waals surface area contributed by atoms with Gasteiger partial charge in [0.25, 0.3) is 5.91 Å². The summed E-state index contributed by atoms with van der Waals surface area (Å²) in [5.74, 6) is 0.110. The summed E-state index contributed by atoms with van der Waals surface area (Å²) in [6.45, 7) is 3.25. The topological polar surface area (TPSA) is 69.0 Å². The van der Waals surface area contributed by atoms with E-state index in [2.05, 4.69) is 0 Å². The first-order valence-corrected chi connectivity index (χ1v) is 9.15. The molecule has 6 heteroatoms. The molecule has 0 aliphatic carbocycles. The Morgan fingerprint density at radius 2 is 1.96 bits per heavy atom. The van der Waals surface area contributed by atoms with Gasteiger partial charge in [-0.2, -0.15) is 0 Å². The van der Waals surface area contributed by atoms with E-state index >= 15 is 0 Å². The number of nitrogens with zero attached hydrogens (tertiary/aromatic N) is 1. The monoisotopic (exact) mass is 379 g/mol. The van der Waals surface area contributed by atoms with Gasteiger partial charge < -0.3 is 18.8 Å². The molecule has 1 aliphatic rings. The minimum atomic E-state index is -0.666. The summed E-state index contributed by atoms with van der Waals surface area (Å²) < 4.78 is 16.5. The van der Waals surface area contributed by atoms with Crippen LogP contribution in [-0.2, 0) is 4.74 Å². The molecule has 1 aromatic heterocycles. The standard InChI is InChI=1S/C22H21NO5/c1-14-6-8-15(9-7-14)19-13-23(10-11-27-19)21(24)17-12-16-4-3-5-18(26-2)20(16)28-22(17)25/h3-9,12,19H,10-11,13H2,1-2H3. The number of amides is 1. The molecule has 0 spiro atoms. The molecule has 0 bridgehead atoms. The lowest BCUT2D eigenvalue weighted by atomic mass is 10.1. The average Bonchev–Trinajstić information content (AvgIpc) is 2.73. The van der Waals surface area contributed by atoms with Crippen LogP contribution < -0.4 is 10.4 Å². The lowest BCUT2D eigenvalue weighted by Crippen LogP contribution is -2.43. The van der Waals surface area contributed by atoms with Gasteiger partial charge in [-0.1, -0.05) is 42.0 Å². The summed E-state index contributed by atoms with van der Waals surface area (Å²) in [5.41, 5.74) is 1.87. The predicted molar refractivity (Wildman–Crippen MR) is 105 cm³/mol. The van der Waals surface area contributed by atoms with E-state index in [1.165, 1.54) is 7.11 Å². The molecule has 2 heterocycles. The van der Waals surface area contributed by atoms with Crippen molar-refractivity contribution in [2.75, 3.05) is 26.8 Å². The largest absolute Gasteiger partial charge is 0.493 e. The first-order valence-electron chi connectivity index (χ1n) is 9.15. The summed E-state index contributed by atoms with van der Waals surface area (Å²) in [4.78, 5) is 27.1. The summed E-state index contributed by atoms with van der Waals surface area (Å²) >= 11 is 0. The maximum atomic E-state index is 13.0. The smallest absolute Gasteiger partial charge is 0.349 e. The Balaban J connectivity index is 1.62. The maximum Gasteiger partial charge on any atom is 0.349 e. The van der Waals surface area contributed by atoms with Gasteiger partial charge in [0, 0.05) is 11.9 Å². The van der Waals surface area contributed by atoms with Gasteiger partial charge in [-0.15, -0.1) is 0 Å². The second-order valence-electron chi connectivity index (χ2n) is 6.85. The highest BCUT2D eigenvalue weighted by atomic mass is 16.5. The van der Waals surface area contributed by atoms with Crippen molar-refractivity contribution < 1.29 is 18.7 Å². The Labute approximate surface area is 162 Å². The SMILES string of the molecule is COc1cccc2cc(C(=O)N3CCOC(c4ccc(C)cc4)C3)c(=O)oc12. The Kier molecular flexibility index (Phi) is 4.88. The molecular weight excluding hydrogens is 358 g/mol. The fourth-order valence-corrected chi connectivity index (χ4v) is 3.41. The lowest BCUT2D eigenvalue weighted by molar-refractivity contribution is -0.0229. The van der Waals surface area contributed by atoms with Crippen LogP contribution in [0.25, 0.3) is 11.0 Å². The van der Waals surface area contributed by atoms with Gasteiger partial charge >= 0.3 is 5.63 Å². The van der Waals surface area contributed by atoms with E-state index in [0.29, 0.717) is 36.4 Å². The number of rotatable bonds is 3. The fraction of sp³-hybridized carbons (Fsp3) is 0.273. The molecular formula is C22H21NO5. The fourth-order valence-electron chi connectivity index (χ4n) is 3.41. The van der Waals surface area contributed by atoms with E-state index in [4.69, 9.17) is 13.9 Å². The number of hydrogen-bond acceptors (Lipinski definition) is 5. The number of aryl methyl sites for hydroxylation is 1. The highest BCUT2D eigenvalue weighted by Gasteiger charge is 2.28. The van der Waals surface area contributed by atoms with Crippen LogP contribution in [0.5, 0.6) is 5.75 Å². The average molecular weight is 379 g/mol. The molecule has 1 unspecified atom stereocenters. The zero-order chi connectivity index (χ0) is 19.7. The highest BCUT2D eigenvalue weighted by Crippen LogP contribution is 2.26. The normalized spacial score (nSPS) is 16.9. The van der Waals surface area contributed by atoms with E-state index in [1.807, 2.05) is 31.2 Å². The number of fused-ring (bicyclic) bond motifs is 1. The van der Waals surface area contributed by atoms with Crippen LogP contribution in [0.1, 0.15) is 27.6 Å². The second-order valence-corrected chi connectivity index (χ2v) is 6.85. The van der Waals surface area contributed by atoms with Crippen molar-refractivity contribution >= 4 is 16.9 Å². The highest BCUT2D eigenvalue weighted by molar-refractivity contribution is 5.97. The lowest BCUT2D eigenvalue weighted by Gasteiger charge is -2.33. The molecule has 3 aromatic rings. The van der Waals surface area contributed by atoms with Crippen LogP contribution in [0.2, 0.25) is 0 Å². The number of ether oxygens (including phenoxy) is 2. The molecule has 1 amide bonds. The number of carbonyl (C=O) groups excluding carboxylic acids is 1. The van der Waals surface area contributed by atoms with Crippen LogP contribution >= 0.6 is 0 Å². The minimum absolute atomic E-state index is 0.0188. The second kappa shape index (κ2) is 7.48. The Morgan fingerprint density at radius 3 is 2.71 bits per heavy atom. The van der Waals surface area contributed by atoms with E-state index in [-0.39, 0.29) is 17.6 Å². The third-order valence-electron chi connectivity index (χ3n) is 4.98. The number of hydrogen-bond donors (Lipinski definition) is 0. The van der Waals surface area contributed by atoms with Gasteiger partial charge in [0.1, 0.15) is 11.7 Å². The number of methoxy groups -OCH3 is 1. The summed E-state index contributed by atoms with van der Waals surface area (Å²) in [5, 5.41) is 0.644. The molecule has 4 rings (SSSR count). The molecule has 0 saturated carbocycles.